The number of primary amides is 1. The maximum Gasteiger partial charge on any atom is 0.252 e. The Kier molecular flexibility index (Phi) is 4.74. The molecule has 1 aliphatic rings. The van der Waals surface area contributed by atoms with E-state index in [2.05, 4.69) is 10.3 Å². The highest BCUT2D eigenvalue weighted by Crippen LogP contribution is 2.36. The molecule has 0 unspecified atom stereocenters. The quantitative estimate of drug-likeness (QED) is 0.446. The Balaban J connectivity index is 1.73. The first-order valence-corrected chi connectivity index (χ1v) is 10.8. The summed E-state index contributed by atoms with van der Waals surface area (Å²) in [5.74, 6) is -0.285. The van der Waals surface area contributed by atoms with Crippen LogP contribution in [-0.4, -0.2) is 43.7 Å². The summed E-state index contributed by atoms with van der Waals surface area (Å²) in [6.45, 7) is 8.83. The highest BCUT2D eigenvalue weighted by atomic mass is 19.1. The molecule has 1 saturated heterocycles. The average molecular weight is 436 g/mol. The monoisotopic (exact) mass is 435 g/mol. The van der Waals surface area contributed by atoms with Gasteiger partial charge in [0.2, 0.25) is 0 Å². The minimum atomic E-state index is -0.577. The molecule has 8 nitrogen and oxygen atoms in total. The number of aromatic nitrogens is 5. The summed E-state index contributed by atoms with van der Waals surface area (Å²) in [5.41, 5.74) is 9.05. The Hall–Kier alpha value is -3.33. The van der Waals surface area contributed by atoms with Crippen molar-refractivity contribution in [1.29, 1.82) is 0 Å². The molecule has 3 aromatic heterocycles. The van der Waals surface area contributed by atoms with Gasteiger partial charge in [-0.05, 0) is 43.6 Å². The highest BCUT2D eigenvalue weighted by molar-refractivity contribution is 6.04. The number of hydrogen-bond acceptors (Lipinski definition) is 5. The predicted octanol–water partition coefficient (Wildman–Crippen LogP) is 3.12. The smallest absolute Gasteiger partial charge is 0.252 e. The number of rotatable bonds is 5. The second-order valence-corrected chi connectivity index (χ2v) is 9.48. The molecule has 1 aromatic carbocycles. The molecule has 0 bridgehead atoms. The standard InChI is InChI=1S/C23H26FN7O/c1-23(2,3)20-19(28-18-15(21(25)32)11-27-22(18)29-20)17-14-5-4-13(24)8-16(14)31(30-17)7-6-12-9-26-10-12/h4-5,8,11-12,26H,6-7,9-10H2,1-3H3,(H2,25,32)(H,27,29). The number of H-pyrrole nitrogens is 1. The van der Waals surface area contributed by atoms with Crippen molar-refractivity contribution in [2.24, 2.45) is 11.7 Å². The van der Waals surface area contributed by atoms with E-state index in [4.69, 9.17) is 20.8 Å². The van der Waals surface area contributed by atoms with Crippen LogP contribution in [0, 0.1) is 11.7 Å². The molecule has 0 spiro atoms. The fourth-order valence-corrected chi connectivity index (χ4v) is 4.16. The lowest BCUT2D eigenvalue weighted by Gasteiger charge is -2.26. The van der Waals surface area contributed by atoms with Crippen molar-refractivity contribution in [3.05, 3.63) is 41.5 Å². The summed E-state index contributed by atoms with van der Waals surface area (Å²) >= 11 is 0. The van der Waals surface area contributed by atoms with Gasteiger partial charge in [-0.2, -0.15) is 5.10 Å². The van der Waals surface area contributed by atoms with Crippen molar-refractivity contribution >= 4 is 28.0 Å². The minimum absolute atomic E-state index is 0.279. The molecular formula is C23H26FN7O. The molecular weight excluding hydrogens is 409 g/mol. The van der Waals surface area contributed by atoms with Crippen LogP contribution < -0.4 is 11.1 Å². The first-order valence-electron chi connectivity index (χ1n) is 10.8. The number of carbonyl (C=O) groups excluding carboxylic acids is 1. The number of nitrogens with zero attached hydrogens (tertiary/aromatic N) is 4. The number of benzene rings is 1. The molecule has 4 N–H and O–H groups in total. The van der Waals surface area contributed by atoms with Gasteiger partial charge in [-0.1, -0.05) is 20.8 Å². The Morgan fingerprint density at radius 3 is 2.69 bits per heavy atom. The zero-order valence-electron chi connectivity index (χ0n) is 18.4. The predicted molar refractivity (Wildman–Crippen MR) is 121 cm³/mol. The first-order chi connectivity index (χ1) is 15.2. The van der Waals surface area contributed by atoms with Gasteiger partial charge in [-0.3, -0.25) is 9.48 Å². The van der Waals surface area contributed by atoms with Crippen LogP contribution in [0.25, 0.3) is 33.5 Å². The summed E-state index contributed by atoms with van der Waals surface area (Å²) in [4.78, 5) is 24.5. The summed E-state index contributed by atoms with van der Waals surface area (Å²) in [7, 11) is 0. The van der Waals surface area contributed by atoms with E-state index in [0.717, 1.165) is 36.1 Å². The molecule has 0 atom stereocenters. The van der Waals surface area contributed by atoms with Crippen molar-refractivity contribution in [1.82, 2.24) is 30.0 Å². The molecule has 0 saturated carbocycles. The van der Waals surface area contributed by atoms with E-state index in [1.165, 1.54) is 18.3 Å². The number of hydrogen-bond donors (Lipinski definition) is 3. The van der Waals surface area contributed by atoms with Crippen LogP contribution in [0.3, 0.4) is 0 Å². The van der Waals surface area contributed by atoms with Crippen LogP contribution >= 0.6 is 0 Å². The van der Waals surface area contributed by atoms with Gasteiger partial charge in [0.25, 0.3) is 5.91 Å². The number of aromatic amines is 1. The summed E-state index contributed by atoms with van der Waals surface area (Å²) in [5, 5.41) is 8.95. The molecule has 9 heteroatoms. The number of carbonyl (C=O) groups is 1. The van der Waals surface area contributed by atoms with Crippen LogP contribution in [-0.2, 0) is 12.0 Å². The molecule has 1 aliphatic heterocycles. The third-order valence-corrected chi connectivity index (χ3v) is 6.03. The van der Waals surface area contributed by atoms with Crippen LogP contribution in [0.4, 0.5) is 4.39 Å². The minimum Gasteiger partial charge on any atom is -0.365 e. The normalized spacial score (nSPS) is 14.9. The number of halogens is 1. The SMILES string of the molecule is CC(C)(C)c1nc2[nH]cc(C(N)=O)c2nc1-c1nn(CCC2CNC2)c2cc(F)ccc12. The van der Waals surface area contributed by atoms with Gasteiger partial charge in [-0.25, -0.2) is 14.4 Å². The fraction of sp³-hybridized carbons (Fsp3) is 0.391. The number of fused-ring (bicyclic) bond motifs is 2. The number of amides is 1. The Labute approximate surface area is 184 Å². The average Bonchev–Trinajstić information content (AvgIpc) is 3.26. The van der Waals surface area contributed by atoms with E-state index >= 15 is 0 Å². The van der Waals surface area contributed by atoms with E-state index in [0.29, 0.717) is 35.0 Å². The molecule has 32 heavy (non-hydrogen) atoms. The number of nitrogens with two attached hydrogens (primary N) is 1. The van der Waals surface area contributed by atoms with Crippen LogP contribution in [0.2, 0.25) is 0 Å². The molecule has 1 amide bonds. The van der Waals surface area contributed by atoms with Crippen molar-refractivity contribution in [3.8, 4) is 11.4 Å². The lowest BCUT2D eigenvalue weighted by atomic mass is 9.89. The zero-order chi connectivity index (χ0) is 22.6. The van der Waals surface area contributed by atoms with Crippen molar-refractivity contribution in [2.45, 2.75) is 39.2 Å². The van der Waals surface area contributed by atoms with Gasteiger partial charge < -0.3 is 16.0 Å². The van der Waals surface area contributed by atoms with Gasteiger partial charge in [0.15, 0.2) is 5.65 Å². The second kappa shape index (κ2) is 7.37. The second-order valence-electron chi connectivity index (χ2n) is 9.48. The summed E-state index contributed by atoms with van der Waals surface area (Å²) in [6, 6.07) is 4.68. The largest absolute Gasteiger partial charge is 0.365 e. The van der Waals surface area contributed by atoms with Gasteiger partial charge in [0, 0.05) is 23.5 Å². The van der Waals surface area contributed by atoms with Crippen molar-refractivity contribution < 1.29 is 9.18 Å². The van der Waals surface area contributed by atoms with E-state index in [1.54, 1.807) is 6.07 Å². The first kappa shape index (κ1) is 20.6. The van der Waals surface area contributed by atoms with Gasteiger partial charge in [0.1, 0.15) is 22.7 Å². The lowest BCUT2D eigenvalue weighted by Crippen LogP contribution is -2.42. The Bertz CT molecular complexity index is 1340. The zero-order valence-corrected chi connectivity index (χ0v) is 18.4. The van der Waals surface area contributed by atoms with E-state index < -0.39 is 5.91 Å². The maximum atomic E-state index is 14.1. The summed E-state index contributed by atoms with van der Waals surface area (Å²) < 4.78 is 16.0. The van der Waals surface area contributed by atoms with Crippen molar-refractivity contribution in [3.63, 3.8) is 0 Å². The molecule has 4 aromatic rings. The van der Waals surface area contributed by atoms with E-state index in [9.17, 15) is 9.18 Å². The number of nitrogens with one attached hydrogen (secondary N) is 2. The lowest BCUT2D eigenvalue weighted by molar-refractivity contribution is 0.100. The van der Waals surface area contributed by atoms with Crippen LogP contribution in [0.15, 0.2) is 24.4 Å². The number of aryl methyl sites for hydroxylation is 1. The molecule has 1 fully saturated rings. The van der Waals surface area contributed by atoms with Crippen molar-refractivity contribution in [2.75, 3.05) is 13.1 Å². The molecule has 5 rings (SSSR count). The van der Waals surface area contributed by atoms with Crippen LogP contribution in [0.1, 0.15) is 43.2 Å². The topological polar surface area (TPSA) is 115 Å². The molecule has 166 valence electrons. The van der Waals surface area contributed by atoms with E-state index in [-0.39, 0.29) is 16.8 Å². The highest BCUT2D eigenvalue weighted by Gasteiger charge is 2.28. The Morgan fingerprint density at radius 2 is 2.03 bits per heavy atom. The van der Waals surface area contributed by atoms with Gasteiger partial charge >= 0.3 is 0 Å². The third-order valence-electron chi connectivity index (χ3n) is 6.03. The van der Waals surface area contributed by atoms with Gasteiger partial charge in [0.05, 0.1) is 16.8 Å². The third kappa shape index (κ3) is 3.42. The molecule has 0 aliphatic carbocycles. The fourth-order valence-electron chi connectivity index (χ4n) is 4.16. The Morgan fingerprint density at radius 1 is 1.25 bits per heavy atom. The summed E-state index contributed by atoms with van der Waals surface area (Å²) in [6.07, 6.45) is 2.49. The van der Waals surface area contributed by atoms with Crippen LogP contribution in [0.5, 0.6) is 0 Å². The molecule has 4 heterocycles. The maximum absolute atomic E-state index is 14.1. The van der Waals surface area contributed by atoms with Gasteiger partial charge in [-0.15, -0.1) is 0 Å². The molecule has 0 radical (unpaired) electrons. The van der Waals surface area contributed by atoms with E-state index in [1.807, 2.05) is 25.5 Å².